The Hall–Kier alpha value is -1.88. The summed E-state index contributed by atoms with van der Waals surface area (Å²) < 4.78 is 0. The summed E-state index contributed by atoms with van der Waals surface area (Å²) in [6, 6.07) is 8.31. The molecule has 3 rings (SSSR count). The topological polar surface area (TPSA) is 60.9 Å². The SMILES string of the molecule is CC(=O)N1CCC(C(=O)N2CC[C@H](Cc3ccccc3C)[C@@H](O)C2)CC1. The third-order valence-corrected chi connectivity index (χ3v) is 6.07. The summed E-state index contributed by atoms with van der Waals surface area (Å²) in [6.45, 7) is 6.17. The summed E-state index contributed by atoms with van der Waals surface area (Å²) in [7, 11) is 0. The quantitative estimate of drug-likeness (QED) is 0.899. The standard InChI is InChI=1S/C21H30N2O3/c1-15-5-3-4-6-18(15)13-19-9-12-23(14-20(19)25)21(26)17-7-10-22(11-8-17)16(2)24/h3-6,17,19-20,25H,7-14H2,1-2H3/t19-,20+/m1/s1. The van der Waals surface area contributed by atoms with Crippen LogP contribution < -0.4 is 0 Å². The maximum absolute atomic E-state index is 12.8. The van der Waals surface area contributed by atoms with Crippen molar-refractivity contribution in [1.29, 1.82) is 0 Å². The molecule has 2 amide bonds. The number of hydrogen-bond acceptors (Lipinski definition) is 3. The van der Waals surface area contributed by atoms with Crippen molar-refractivity contribution in [3.8, 4) is 0 Å². The van der Waals surface area contributed by atoms with E-state index in [1.165, 1.54) is 11.1 Å². The van der Waals surface area contributed by atoms with E-state index >= 15 is 0 Å². The molecule has 0 radical (unpaired) electrons. The van der Waals surface area contributed by atoms with Gasteiger partial charge in [-0.25, -0.2) is 0 Å². The van der Waals surface area contributed by atoms with Gasteiger partial charge in [-0.2, -0.15) is 0 Å². The number of carbonyl (C=O) groups excluding carboxylic acids is 2. The fraction of sp³-hybridized carbons (Fsp3) is 0.619. The Kier molecular flexibility index (Phi) is 5.97. The highest BCUT2D eigenvalue weighted by Gasteiger charge is 2.34. The second kappa shape index (κ2) is 8.21. The molecule has 1 aromatic carbocycles. The van der Waals surface area contributed by atoms with Gasteiger partial charge in [-0.05, 0) is 49.7 Å². The van der Waals surface area contributed by atoms with E-state index in [0.717, 1.165) is 32.2 Å². The van der Waals surface area contributed by atoms with Crippen LogP contribution in [0.2, 0.25) is 0 Å². The smallest absolute Gasteiger partial charge is 0.225 e. The van der Waals surface area contributed by atoms with Gasteiger partial charge in [-0.15, -0.1) is 0 Å². The Morgan fingerprint density at radius 3 is 2.35 bits per heavy atom. The van der Waals surface area contributed by atoms with E-state index in [9.17, 15) is 14.7 Å². The first-order valence-electron chi connectivity index (χ1n) is 9.72. The monoisotopic (exact) mass is 358 g/mol. The number of benzene rings is 1. The first kappa shape index (κ1) is 18.9. The first-order valence-corrected chi connectivity index (χ1v) is 9.72. The van der Waals surface area contributed by atoms with Gasteiger partial charge in [0.25, 0.3) is 0 Å². The van der Waals surface area contributed by atoms with Gasteiger partial charge >= 0.3 is 0 Å². The highest BCUT2D eigenvalue weighted by atomic mass is 16.3. The average molecular weight is 358 g/mol. The van der Waals surface area contributed by atoms with Gasteiger partial charge in [0.05, 0.1) is 6.10 Å². The van der Waals surface area contributed by atoms with Crippen molar-refractivity contribution in [2.75, 3.05) is 26.2 Å². The number of β-amino-alcohol motifs (C(OH)–C–C–N with tert-alkyl or cyclic N) is 1. The van der Waals surface area contributed by atoms with Crippen molar-refractivity contribution in [3.63, 3.8) is 0 Å². The van der Waals surface area contributed by atoms with Crippen LogP contribution in [0.1, 0.15) is 37.3 Å². The number of amides is 2. The zero-order chi connectivity index (χ0) is 18.7. The number of aliphatic hydroxyl groups excluding tert-OH is 1. The molecule has 5 heteroatoms. The molecule has 0 spiro atoms. The van der Waals surface area contributed by atoms with Gasteiger partial charge in [0.15, 0.2) is 0 Å². The molecule has 26 heavy (non-hydrogen) atoms. The van der Waals surface area contributed by atoms with Crippen LogP contribution in [0.5, 0.6) is 0 Å². The predicted octanol–water partition coefficient (Wildman–Crippen LogP) is 2.01. The van der Waals surface area contributed by atoms with Crippen LogP contribution in [0, 0.1) is 18.8 Å². The molecule has 2 aliphatic heterocycles. The summed E-state index contributed by atoms with van der Waals surface area (Å²) in [5.41, 5.74) is 2.54. The Balaban J connectivity index is 1.53. The summed E-state index contributed by atoms with van der Waals surface area (Å²) in [6.07, 6.45) is 2.71. The molecule has 2 aliphatic rings. The van der Waals surface area contributed by atoms with Crippen molar-refractivity contribution >= 4 is 11.8 Å². The number of carbonyl (C=O) groups is 2. The number of likely N-dealkylation sites (tertiary alicyclic amines) is 2. The molecule has 2 heterocycles. The van der Waals surface area contributed by atoms with Crippen LogP contribution in [0.25, 0.3) is 0 Å². The van der Waals surface area contributed by atoms with Crippen LogP contribution in [-0.2, 0) is 16.0 Å². The number of piperidine rings is 2. The molecule has 0 aromatic heterocycles. The van der Waals surface area contributed by atoms with Crippen molar-refractivity contribution in [2.24, 2.45) is 11.8 Å². The lowest BCUT2D eigenvalue weighted by molar-refractivity contribution is -0.143. The lowest BCUT2D eigenvalue weighted by Gasteiger charge is -2.39. The number of rotatable bonds is 3. The minimum Gasteiger partial charge on any atom is -0.391 e. The summed E-state index contributed by atoms with van der Waals surface area (Å²) in [4.78, 5) is 27.9. The highest BCUT2D eigenvalue weighted by molar-refractivity contribution is 5.80. The van der Waals surface area contributed by atoms with E-state index < -0.39 is 6.10 Å². The Morgan fingerprint density at radius 2 is 1.73 bits per heavy atom. The van der Waals surface area contributed by atoms with E-state index in [4.69, 9.17) is 0 Å². The van der Waals surface area contributed by atoms with E-state index in [2.05, 4.69) is 19.1 Å². The highest BCUT2D eigenvalue weighted by Crippen LogP contribution is 2.27. The average Bonchev–Trinajstić information content (AvgIpc) is 2.64. The minimum absolute atomic E-state index is 0.00859. The molecule has 2 fully saturated rings. The van der Waals surface area contributed by atoms with Crippen LogP contribution in [0.15, 0.2) is 24.3 Å². The molecule has 5 nitrogen and oxygen atoms in total. The number of aryl methyl sites for hydroxylation is 1. The Bertz CT molecular complexity index is 652. The second-order valence-electron chi connectivity index (χ2n) is 7.81. The molecule has 1 N–H and O–H groups in total. The van der Waals surface area contributed by atoms with E-state index in [1.807, 2.05) is 21.9 Å². The third-order valence-electron chi connectivity index (χ3n) is 6.07. The minimum atomic E-state index is -0.468. The molecule has 0 unspecified atom stereocenters. The lowest BCUT2D eigenvalue weighted by atomic mass is 9.85. The van der Waals surface area contributed by atoms with Crippen LogP contribution >= 0.6 is 0 Å². The van der Waals surface area contributed by atoms with Crippen LogP contribution in [0.3, 0.4) is 0 Å². The first-order chi connectivity index (χ1) is 12.5. The van der Waals surface area contributed by atoms with E-state index in [1.54, 1.807) is 6.92 Å². The maximum atomic E-state index is 12.8. The Labute approximate surface area is 156 Å². The zero-order valence-electron chi connectivity index (χ0n) is 15.9. The zero-order valence-corrected chi connectivity index (χ0v) is 15.9. The van der Waals surface area contributed by atoms with Crippen LogP contribution in [0.4, 0.5) is 0 Å². The normalized spacial score (nSPS) is 24.6. The fourth-order valence-corrected chi connectivity index (χ4v) is 4.24. The van der Waals surface area contributed by atoms with Gasteiger partial charge in [0, 0.05) is 39.0 Å². The third kappa shape index (κ3) is 4.26. The molecule has 0 saturated carbocycles. The van der Waals surface area contributed by atoms with Crippen molar-refractivity contribution in [1.82, 2.24) is 9.80 Å². The second-order valence-corrected chi connectivity index (χ2v) is 7.81. The van der Waals surface area contributed by atoms with Gasteiger partial charge in [0.1, 0.15) is 0 Å². The van der Waals surface area contributed by atoms with Gasteiger partial charge in [-0.3, -0.25) is 9.59 Å². The largest absolute Gasteiger partial charge is 0.391 e. The molecular formula is C21H30N2O3. The van der Waals surface area contributed by atoms with Crippen molar-refractivity contribution in [3.05, 3.63) is 35.4 Å². The molecule has 142 valence electrons. The van der Waals surface area contributed by atoms with Gasteiger partial charge < -0.3 is 14.9 Å². The molecular weight excluding hydrogens is 328 g/mol. The maximum Gasteiger partial charge on any atom is 0.225 e. The Morgan fingerprint density at radius 1 is 1.08 bits per heavy atom. The van der Waals surface area contributed by atoms with E-state index in [-0.39, 0.29) is 23.7 Å². The molecule has 0 aliphatic carbocycles. The summed E-state index contributed by atoms with van der Waals surface area (Å²) >= 11 is 0. The molecule has 2 atom stereocenters. The molecule has 1 aromatic rings. The number of nitrogens with zero attached hydrogens (tertiary/aromatic N) is 2. The number of hydrogen-bond donors (Lipinski definition) is 1. The van der Waals surface area contributed by atoms with Gasteiger partial charge in [-0.1, -0.05) is 24.3 Å². The van der Waals surface area contributed by atoms with Gasteiger partial charge in [0.2, 0.25) is 11.8 Å². The van der Waals surface area contributed by atoms with Crippen molar-refractivity contribution in [2.45, 2.75) is 45.6 Å². The molecule has 2 saturated heterocycles. The molecule has 0 bridgehead atoms. The van der Waals surface area contributed by atoms with E-state index in [0.29, 0.717) is 19.6 Å². The summed E-state index contributed by atoms with van der Waals surface area (Å²) in [5, 5.41) is 10.6. The fourth-order valence-electron chi connectivity index (χ4n) is 4.24. The van der Waals surface area contributed by atoms with Crippen molar-refractivity contribution < 1.29 is 14.7 Å². The summed E-state index contributed by atoms with van der Waals surface area (Å²) in [5.74, 6) is 0.440. The van der Waals surface area contributed by atoms with Crippen LogP contribution in [-0.4, -0.2) is 59.0 Å². The predicted molar refractivity (Wildman–Crippen MR) is 101 cm³/mol. The lowest BCUT2D eigenvalue weighted by Crippen LogP contribution is -2.50. The number of aliphatic hydroxyl groups is 1.